The lowest BCUT2D eigenvalue weighted by molar-refractivity contribution is -0.119. The number of aromatic amines is 1. The van der Waals surface area contributed by atoms with Gasteiger partial charge in [-0.25, -0.2) is 8.78 Å². The highest BCUT2D eigenvalue weighted by Gasteiger charge is 2.32. The second-order valence-electron chi connectivity index (χ2n) is 5.99. The number of nitrogens with zero attached hydrogens (tertiary/aromatic N) is 2. The molecule has 8 heteroatoms. The van der Waals surface area contributed by atoms with Gasteiger partial charge in [0.25, 0.3) is 5.91 Å². The molecule has 2 N–H and O–H groups in total. The molecule has 1 saturated heterocycles. The highest BCUT2D eigenvalue weighted by atomic mass is 19.1. The van der Waals surface area contributed by atoms with Gasteiger partial charge in [-0.1, -0.05) is 6.07 Å². The first-order chi connectivity index (χ1) is 12.0. The minimum atomic E-state index is -0.769. The van der Waals surface area contributed by atoms with Crippen molar-refractivity contribution in [1.82, 2.24) is 20.4 Å². The minimum Gasteiger partial charge on any atom is -0.354 e. The van der Waals surface area contributed by atoms with E-state index in [4.69, 9.17) is 0 Å². The molecule has 1 unspecified atom stereocenters. The summed E-state index contributed by atoms with van der Waals surface area (Å²) in [6, 6.07) is 3.37. The molecule has 0 bridgehead atoms. The van der Waals surface area contributed by atoms with E-state index in [-0.39, 0.29) is 34.7 Å². The molecule has 25 heavy (non-hydrogen) atoms. The lowest BCUT2D eigenvalue weighted by Gasteiger charge is -2.24. The molecule has 132 valence electrons. The maximum atomic E-state index is 14.1. The minimum absolute atomic E-state index is 0.0192. The Hall–Kier alpha value is -2.77. The van der Waals surface area contributed by atoms with Crippen molar-refractivity contribution in [1.29, 1.82) is 0 Å². The van der Waals surface area contributed by atoms with Crippen LogP contribution in [0.15, 0.2) is 24.4 Å². The average molecular weight is 348 g/mol. The van der Waals surface area contributed by atoms with Crippen LogP contribution >= 0.6 is 0 Å². The van der Waals surface area contributed by atoms with Gasteiger partial charge in [0.15, 0.2) is 0 Å². The number of benzene rings is 1. The summed E-state index contributed by atoms with van der Waals surface area (Å²) in [5.74, 6) is -2.07. The van der Waals surface area contributed by atoms with E-state index in [1.807, 2.05) is 0 Å². The predicted octanol–water partition coefficient (Wildman–Crippen LogP) is 2.10. The number of likely N-dealkylation sites (tertiary alicyclic amines) is 1. The molecule has 2 heterocycles. The first-order valence-electron chi connectivity index (χ1n) is 8.02. The van der Waals surface area contributed by atoms with E-state index in [0.717, 1.165) is 25.0 Å². The summed E-state index contributed by atoms with van der Waals surface area (Å²) in [6.07, 6.45) is 2.84. The summed E-state index contributed by atoms with van der Waals surface area (Å²) in [5.41, 5.74) is -0.175. The number of hydrogen-bond donors (Lipinski definition) is 2. The number of halogens is 2. The summed E-state index contributed by atoms with van der Waals surface area (Å²) in [6.45, 7) is 2.28. The monoisotopic (exact) mass is 348 g/mol. The Morgan fingerprint density at radius 2 is 2.08 bits per heavy atom. The summed E-state index contributed by atoms with van der Waals surface area (Å²) in [4.78, 5) is 25.6. The van der Waals surface area contributed by atoms with Crippen LogP contribution in [0, 0.1) is 11.6 Å². The fraction of sp³-hybridized carbons (Fsp3) is 0.353. The quantitative estimate of drug-likeness (QED) is 0.888. The number of aromatic nitrogens is 2. The van der Waals surface area contributed by atoms with Crippen LogP contribution in [-0.4, -0.2) is 46.0 Å². The van der Waals surface area contributed by atoms with E-state index in [2.05, 4.69) is 15.5 Å². The summed E-state index contributed by atoms with van der Waals surface area (Å²) >= 11 is 0. The van der Waals surface area contributed by atoms with Crippen LogP contribution in [0.4, 0.5) is 8.78 Å². The van der Waals surface area contributed by atoms with Gasteiger partial charge in [-0.3, -0.25) is 14.7 Å². The average Bonchev–Trinajstić information content (AvgIpc) is 3.21. The van der Waals surface area contributed by atoms with Crippen LogP contribution in [0.3, 0.4) is 0 Å². The summed E-state index contributed by atoms with van der Waals surface area (Å²) < 4.78 is 28.1. The van der Waals surface area contributed by atoms with Crippen molar-refractivity contribution >= 4 is 11.8 Å². The number of amides is 2. The molecule has 1 aromatic carbocycles. The van der Waals surface area contributed by atoms with Gasteiger partial charge in [-0.15, -0.1) is 0 Å². The first kappa shape index (κ1) is 17.1. The third kappa shape index (κ3) is 3.38. The number of carbonyl (C=O) groups is 2. The molecule has 1 aliphatic heterocycles. The molecule has 2 amide bonds. The zero-order valence-corrected chi connectivity index (χ0v) is 13.7. The Labute approximate surface area is 143 Å². The van der Waals surface area contributed by atoms with Crippen molar-refractivity contribution in [3.63, 3.8) is 0 Å². The van der Waals surface area contributed by atoms with Gasteiger partial charge in [-0.05, 0) is 25.0 Å². The molecule has 2 aromatic rings. The van der Waals surface area contributed by atoms with E-state index in [1.54, 1.807) is 4.90 Å². The molecular formula is C17H18F2N4O2. The predicted molar refractivity (Wildman–Crippen MR) is 86.7 cm³/mol. The first-order valence-corrected chi connectivity index (χ1v) is 8.02. The van der Waals surface area contributed by atoms with E-state index in [0.29, 0.717) is 13.1 Å². The highest BCUT2D eigenvalue weighted by Crippen LogP contribution is 2.29. The maximum Gasteiger partial charge on any atom is 0.258 e. The van der Waals surface area contributed by atoms with Crippen molar-refractivity contribution in [2.75, 3.05) is 13.1 Å². The Bertz CT molecular complexity index is 785. The molecule has 3 rings (SSSR count). The van der Waals surface area contributed by atoms with Crippen LogP contribution < -0.4 is 5.32 Å². The lowest BCUT2D eigenvalue weighted by Crippen LogP contribution is -2.42. The van der Waals surface area contributed by atoms with Gasteiger partial charge in [0.05, 0.1) is 23.0 Å². The Morgan fingerprint density at radius 3 is 2.76 bits per heavy atom. The molecule has 1 atom stereocenters. The van der Waals surface area contributed by atoms with Gasteiger partial charge < -0.3 is 10.2 Å². The topological polar surface area (TPSA) is 78.1 Å². The Kier molecular flexibility index (Phi) is 4.78. The number of H-pyrrole nitrogens is 1. The van der Waals surface area contributed by atoms with Gasteiger partial charge in [0.1, 0.15) is 11.6 Å². The number of carbonyl (C=O) groups excluding carboxylic acids is 2. The number of nitrogens with one attached hydrogen (secondary N) is 2. The second-order valence-corrected chi connectivity index (χ2v) is 5.99. The van der Waals surface area contributed by atoms with E-state index in [1.165, 1.54) is 19.2 Å². The molecule has 0 spiro atoms. The highest BCUT2D eigenvalue weighted by molar-refractivity contribution is 6.00. The number of hydrogen-bond acceptors (Lipinski definition) is 3. The lowest BCUT2D eigenvalue weighted by atomic mass is 10.1. The second kappa shape index (κ2) is 7.00. The van der Waals surface area contributed by atoms with E-state index in [9.17, 15) is 18.4 Å². The molecule has 1 aliphatic rings. The van der Waals surface area contributed by atoms with E-state index >= 15 is 0 Å². The van der Waals surface area contributed by atoms with Crippen molar-refractivity contribution in [3.05, 3.63) is 41.6 Å². The standard InChI is InChI=1S/C17H18F2N4O2/c1-10(24)20-8-11-4-3-7-23(11)17(25)12-9-21-22-16(12)15-13(18)5-2-6-14(15)19/h2,5-6,9,11H,3-4,7-8H2,1H3,(H,20,24)(H,21,22). The van der Waals surface area contributed by atoms with Crippen LogP contribution in [0.1, 0.15) is 30.1 Å². The Morgan fingerprint density at radius 1 is 1.36 bits per heavy atom. The Balaban J connectivity index is 1.89. The van der Waals surface area contributed by atoms with Crippen molar-refractivity contribution in [2.45, 2.75) is 25.8 Å². The van der Waals surface area contributed by atoms with Crippen molar-refractivity contribution < 1.29 is 18.4 Å². The maximum absolute atomic E-state index is 14.1. The number of rotatable bonds is 4. The van der Waals surface area contributed by atoms with Crippen LogP contribution in [0.5, 0.6) is 0 Å². The van der Waals surface area contributed by atoms with Crippen molar-refractivity contribution in [2.24, 2.45) is 0 Å². The smallest absolute Gasteiger partial charge is 0.258 e. The largest absolute Gasteiger partial charge is 0.354 e. The molecule has 1 fully saturated rings. The fourth-order valence-electron chi connectivity index (χ4n) is 3.11. The molecule has 0 saturated carbocycles. The SMILES string of the molecule is CC(=O)NCC1CCCN1C(=O)c1cn[nH]c1-c1c(F)cccc1F. The summed E-state index contributed by atoms with van der Waals surface area (Å²) in [7, 11) is 0. The molecular weight excluding hydrogens is 330 g/mol. The van der Waals surface area contributed by atoms with Crippen LogP contribution in [0.25, 0.3) is 11.3 Å². The third-order valence-corrected chi connectivity index (χ3v) is 4.31. The van der Waals surface area contributed by atoms with Gasteiger partial charge in [-0.2, -0.15) is 5.10 Å². The van der Waals surface area contributed by atoms with Crippen molar-refractivity contribution in [3.8, 4) is 11.3 Å². The molecule has 0 radical (unpaired) electrons. The van der Waals surface area contributed by atoms with Crippen LogP contribution in [0.2, 0.25) is 0 Å². The fourth-order valence-corrected chi connectivity index (χ4v) is 3.11. The molecule has 1 aromatic heterocycles. The van der Waals surface area contributed by atoms with E-state index < -0.39 is 11.6 Å². The zero-order valence-electron chi connectivity index (χ0n) is 13.7. The third-order valence-electron chi connectivity index (χ3n) is 4.31. The summed E-state index contributed by atoms with van der Waals surface area (Å²) in [5, 5.41) is 9.03. The molecule has 0 aliphatic carbocycles. The van der Waals surface area contributed by atoms with Gasteiger partial charge in [0, 0.05) is 26.1 Å². The zero-order chi connectivity index (χ0) is 18.0. The normalized spacial score (nSPS) is 16.9. The van der Waals surface area contributed by atoms with Gasteiger partial charge in [0.2, 0.25) is 5.91 Å². The van der Waals surface area contributed by atoms with Crippen LogP contribution in [-0.2, 0) is 4.79 Å². The van der Waals surface area contributed by atoms with Gasteiger partial charge >= 0.3 is 0 Å². The molecule has 6 nitrogen and oxygen atoms in total.